The molecule has 0 aliphatic carbocycles. The molecular weight excluding hydrogens is 312 g/mol. The van der Waals surface area contributed by atoms with Gasteiger partial charge in [0.2, 0.25) is 0 Å². The molecule has 0 aliphatic heterocycles. The standard InChI is InChI=1S/C21H28N2O2/c1-15-9-7-10-17(13-15)14-23-12-8-11-18(20(23)25)19(24)22(6)16(2)21(3,4)5/h7-13,16H,14H2,1-6H3/t16-/m1/s1. The second-order valence-corrected chi connectivity index (χ2v) is 7.80. The van der Waals surface area contributed by atoms with Gasteiger partial charge in [0.05, 0.1) is 6.54 Å². The van der Waals surface area contributed by atoms with Crippen molar-refractivity contribution in [2.24, 2.45) is 5.41 Å². The summed E-state index contributed by atoms with van der Waals surface area (Å²) in [6, 6.07) is 11.4. The zero-order valence-electron chi connectivity index (χ0n) is 16.0. The average Bonchev–Trinajstić information content (AvgIpc) is 2.54. The highest BCUT2D eigenvalue weighted by molar-refractivity contribution is 5.93. The van der Waals surface area contributed by atoms with E-state index in [-0.39, 0.29) is 28.5 Å². The average molecular weight is 340 g/mol. The summed E-state index contributed by atoms with van der Waals surface area (Å²) in [5, 5.41) is 0. The summed E-state index contributed by atoms with van der Waals surface area (Å²) < 4.78 is 1.59. The number of carbonyl (C=O) groups excluding carboxylic acids is 1. The molecule has 25 heavy (non-hydrogen) atoms. The van der Waals surface area contributed by atoms with E-state index in [4.69, 9.17) is 0 Å². The van der Waals surface area contributed by atoms with Crippen LogP contribution >= 0.6 is 0 Å². The molecular formula is C21H28N2O2. The van der Waals surface area contributed by atoms with Crippen LogP contribution in [0.4, 0.5) is 0 Å². The van der Waals surface area contributed by atoms with Gasteiger partial charge >= 0.3 is 0 Å². The van der Waals surface area contributed by atoms with Gasteiger partial charge in [-0.25, -0.2) is 0 Å². The first kappa shape index (κ1) is 19.0. The normalized spacial score (nSPS) is 12.7. The van der Waals surface area contributed by atoms with Crippen LogP contribution in [0.5, 0.6) is 0 Å². The molecule has 1 atom stereocenters. The van der Waals surface area contributed by atoms with Crippen molar-refractivity contribution in [1.29, 1.82) is 0 Å². The van der Waals surface area contributed by atoms with Crippen molar-refractivity contribution in [1.82, 2.24) is 9.47 Å². The number of rotatable bonds is 4. The maximum atomic E-state index is 12.8. The summed E-state index contributed by atoms with van der Waals surface area (Å²) in [4.78, 5) is 27.3. The van der Waals surface area contributed by atoms with Gasteiger partial charge in [0.1, 0.15) is 5.56 Å². The Balaban J connectivity index is 2.32. The fourth-order valence-electron chi connectivity index (χ4n) is 2.78. The highest BCUT2D eigenvalue weighted by Crippen LogP contribution is 2.23. The van der Waals surface area contributed by atoms with E-state index in [1.54, 1.807) is 34.8 Å². The van der Waals surface area contributed by atoms with E-state index in [2.05, 4.69) is 26.8 Å². The highest BCUT2D eigenvalue weighted by atomic mass is 16.2. The van der Waals surface area contributed by atoms with E-state index >= 15 is 0 Å². The van der Waals surface area contributed by atoms with Crippen molar-refractivity contribution in [3.63, 3.8) is 0 Å². The van der Waals surface area contributed by atoms with Gasteiger partial charge < -0.3 is 9.47 Å². The smallest absolute Gasteiger partial charge is 0.263 e. The van der Waals surface area contributed by atoms with Crippen molar-refractivity contribution in [2.75, 3.05) is 7.05 Å². The molecule has 0 bridgehead atoms. The fourth-order valence-corrected chi connectivity index (χ4v) is 2.78. The number of aromatic nitrogens is 1. The van der Waals surface area contributed by atoms with Crippen LogP contribution < -0.4 is 5.56 Å². The van der Waals surface area contributed by atoms with Crippen molar-refractivity contribution in [2.45, 2.75) is 47.2 Å². The quantitative estimate of drug-likeness (QED) is 0.851. The minimum atomic E-state index is -0.248. The molecule has 0 N–H and O–H groups in total. The van der Waals surface area contributed by atoms with Gasteiger partial charge in [-0.1, -0.05) is 50.6 Å². The third kappa shape index (κ3) is 4.38. The van der Waals surface area contributed by atoms with Gasteiger partial charge in [-0.3, -0.25) is 9.59 Å². The Morgan fingerprint density at radius 1 is 1.20 bits per heavy atom. The number of hydrogen-bond acceptors (Lipinski definition) is 2. The van der Waals surface area contributed by atoms with Crippen molar-refractivity contribution < 1.29 is 4.79 Å². The van der Waals surface area contributed by atoms with E-state index in [1.807, 2.05) is 32.0 Å². The van der Waals surface area contributed by atoms with Gasteiger partial charge in [0, 0.05) is 19.3 Å². The first-order valence-electron chi connectivity index (χ1n) is 8.63. The van der Waals surface area contributed by atoms with Crippen LogP contribution in [0.2, 0.25) is 0 Å². The molecule has 0 saturated heterocycles. The summed E-state index contributed by atoms with van der Waals surface area (Å²) >= 11 is 0. The molecule has 1 amide bonds. The molecule has 4 nitrogen and oxygen atoms in total. The first-order chi connectivity index (χ1) is 11.6. The number of pyridine rings is 1. The number of hydrogen-bond donors (Lipinski definition) is 0. The molecule has 134 valence electrons. The minimum Gasteiger partial charge on any atom is -0.338 e. The third-order valence-corrected chi connectivity index (χ3v) is 4.84. The van der Waals surface area contributed by atoms with Crippen molar-refractivity contribution >= 4 is 5.91 Å². The number of amides is 1. The molecule has 0 saturated carbocycles. The molecule has 0 unspecified atom stereocenters. The summed E-state index contributed by atoms with van der Waals surface area (Å²) in [5.74, 6) is -0.231. The number of benzene rings is 1. The van der Waals surface area contributed by atoms with Crippen molar-refractivity contribution in [3.8, 4) is 0 Å². The Morgan fingerprint density at radius 3 is 2.48 bits per heavy atom. The zero-order valence-corrected chi connectivity index (χ0v) is 16.0. The van der Waals surface area contributed by atoms with Crippen LogP contribution in [-0.4, -0.2) is 28.5 Å². The second-order valence-electron chi connectivity index (χ2n) is 7.80. The zero-order chi connectivity index (χ0) is 18.8. The third-order valence-electron chi connectivity index (χ3n) is 4.84. The summed E-state index contributed by atoms with van der Waals surface area (Å²) in [5.41, 5.74) is 2.11. The van der Waals surface area contributed by atoms with Gasteiger partial charge in [-0.2, -0.15) is 0 Å². The molecule has 2 rings (SSSR count). The SMILES string of the molecule is Cc1cccc(Cn2cccc(C(=O)N(C)[C@H](C)C(C)(C)C)c2=O)c1. The van der Waals surface area contributed by atoms with E-state index < -0.39 is 0 Å². The molecule has 0 spiro atoms. The Kier molecular flexibility index (Phi) is 5.51. The van der Waals surface area contributed by atoms with Crippen LogP contribution in [0, 0.1) is 12.3 Å². The summed E-state index contributed by atoms with van der Waals surface area (Å²) in [7, 11) is 1.76. The van der Waals surface area contributed by atoms with E-state index in [9.17, 15) is 9.59 Å². The van der Waals surface area contributed by atoms with Crippen LogP contribution in [0.15, 0.2) is 47.4 Å². The van der Waals surface area contributed by atoms with Gasteiger partial charge in [0.15, 0.2) is 0 Å². The van der Waals surface area contributed by atoms with E-state index in [0.29, 0.717) is 6.54 Å². The van der Waals surface area contributed by atoms with Crippen LogP contribution in [0.1, 0.15) is 49.2 Å². The Labute approximate surface area is 150 Å². The van der Waals surface area contributed by atoms with Gasteiger partial charge in [-0.15, -0.1) is 0 Å². The predicted molar refractivity (Wildman–Crippen MR) is 102 cm³/mol. The Bertz CT molecular complexity index is 815. The molecule has 2 aromatic rings. The maximum absolute atomic E-state index is 12.8. The molecule has 0 fully saturated rings. The minimum absolute atomic E-state index is 0.0184. The lowest BCUT2D eigenvalue weighted by molar-refractivity contribution is 0.0627. The maximum Gasteiger partial charge on any atom is 0.263 e. The van der Waals surface area contributed by atoms with Gasteiger partial charge in [0.25, 0.3) is 11.5 Å². The molecule has 1 aromatic heterocycles. The number of nitrogens with zero attached hydrogens (tertiary/aromatic N) is 2. The largest absolute Gasteiger partial charge is 0.338 e. The first-order valence-corrected chi connectivity index (χ1v) is 8.63. The number of aryl methyl sites for hydroxylation is 1. The molecule has 1 heterocycles. The van der Waals surface area contributed by atoms with E-state index in [1.165, 1.54) is 0 Å². The Hall–Kier alpha value is -2.36. The lowest BCUT2D eigenvalue weighted by atomic mass is 9.87. The predicted octanol–water partition coefficient (Wildman–Crippen LogP) is 3.71. The monoisotopic (exact) mass is 340 g/mol. The lowest BCUT2D eigenvalue weighted by Gasteiger charge is -2.35. The number of carbonyl (C=O) groups is 1. The summed E-state index contributed by atoms with van der Waals surface area (Å²) in [6.07, 6.45) is 1.73. The van der Waals surface area contributed by atoms with Gasteiger partial charge in [-0.05, 0) is 37.0 Å². The Morgan fingerprint density at radius 2 is 1.88 bits per heavy atom. The van der Waals surface area contributed by atoms with Crippen LogP contribution in [-0.2, 0) is 6.54 Å². The van der Waals surface area contributed by atoms with Crippen LogP contribution in [0.25, 0.3) is 0 Å². The topological polar surface area (TPSA) is 42.3 Å². The van der Waals surface area contributed by atoms with Crippen LogP contribution in [0.3, 0.4) is 0 Å². The molecule has 0 radical (unpaired) electrons. The highest BCUT2D eigenvalue weighted by Gasteiger charge is 2.28. The summed E-state index contributed by atoms with van der Waals surface area (Å²) in [6.45, 7) is 10.7. The van der Waals surface area contributed by atoms with Crippen molar-refractivity contribution in [3.05, 3.63) is 69.6 Å². The second kappa shape index (κ2) is 7.26. The fraction of sp³-hybridized carbons (Fsp3) is 0.429. The van der Waals surface area contributed by atoms with E-state index in [0.717, 1.165) is 11.1 Å². The molecule has 0 aliphatic rings. The molecule has 1 aromatic carbocycles. The molecule has 4 heteroatoms. The lowest BCUT2D eigenvalue weighted by Crippen LogP contribution is -2.45.